The van der Waals surface area contributed by atoms with Gasteiger partial charge in [0, 0.05) is 18.6 Å². The van der Waals surface area contributed by atoms with Crippen LogP contribution in [0.2, 0.25) is 0 Å². The molecule has 2 heterocycles. The molecule has 0 aromatic carbocycles. The molecule has 2 atom stereocenters. The summed E-state index contributed by atoms with van der Waals surface area (Å²) in [4.78, 5) is 2.44. The van der Waals surface area contributed by atoms with Crippen LogP contribution in [0.15, 0.2) is 0 Å². The van der Waals surface area contributed by atoms with Gasteiger partial charge in [0.15, 0.2) is 9.84 Å². The molecular formula is C11H22N2O2S. The number of rotatable bonds is 3. The van der Waals surface area contributed by atoms with E-state index < -0.39 is 9.84 Å². The normalized spacial score (nSPS) is 35.3. The quantitative estimate of drug-likeness (QED) is 0.775. The standard InChI is InChI=1S/C11H22N2O2S/c1-2-13-6-3-4-10(8-13)12-11-5-7-16(14,15)9-11/h10-12H,2-9H2,1H3. The summed E-state index contributed by atoms with van der Waals surface area (Å²) in [7, 11) is -2.74. The second-order valence-corrected chi connectivity index (χ2v) is 7.23. The van der Waals surface area contributed by atoms with E-state index in [9.17, 15) is 8.42 Å². The number of nitrogens with one attached hydrogen (secondary N) is 1. The summed E-state index contributed by atoms with van der Waals surface area (Å²) in [6, 6.07) is 0.693. The molecule has 2 aliphatic rings. The van der Waals surface area contributed by atoms with Crippen LogP contribution < -0.4 is 5.32 Å². The van der Waals surface area contributed by atoms with Gasteiger partial charge in [-0.15, -0.1) is 0 Å². The van der Waals surface area contributed by atoms with Gasteiger partial charge in [-0.1, -0.05) is 6.92 Å². The van der Waals surface area contributed by atoms with Gasteiger partial charge in [0.05, 0.1) is 11.5 Å². The van der Waals surface area contributed by atoms with Crippen LogP contribution in [0.25, 0.3) is 0 Å². The lowest BCUT2D eigenvalue weighted by atomic mass is 10.0. The molecule has 4 nitrogen and oxygen atoms in total. The predicted octanol–water partition coefficient (Wildman–Crippen LogP) is 0.247. The first-order valence-corrected chi connectivity index (χ1v) is 8.10. The molecule has 0 aromatic heterocycles. The van der Waals surface area contributed by atoms with Crippen molar-refractivity contribution < 1.29 is 8.42 Å². The van der Waals surface area contributed by atoms with Crippen molar-refractivity contribution in [3.05, 3.63) is 0 Å². The number of sulfone groups is 1. The maximum atomic E-state index is 11.4. The first-order valence-electron chi connectivity index (χ1n) is 6.28. The molecule has 0 radical (unpaired) electrons. The molecule has 0 saturated carbocycles. The van der Waals surface area contributed by atoms with Crippen molar-refractivity contribution in [2.24, 2.45) is 0 Å². The number of nitrogens with zero attached hydrogens (tertiary/aromatic N) is 1. The lowest BCUT2D eigenvalue weighted by molar-refractivity contribution is 0.192. The Bertz CT molecular complexity index is 329. The van der Waals surface area contributed by atoms with Gasteiger partial charge in [0.25, 0.3) is 0 Å². The molecule has 2 unspecified atom stereocenters. The van der Waals surface area contributed by atoms with Crippen LogP contribution in [0.1, 0.15) is 26.2 Å². The third kappa shape index (κ3) is 3.18. The maximum Gasteiger partial charge on any atom is 0.151 e. The zero-order valence-corrected chi connectivity index (χ0v) is 10.8. The van der Waals surface area contributed by atoms with E-state index in [0.717, 1.165) is 19.5 Å². The Morgan fingerprint density at radius 3 is 2.75 bits per heavy atom. The van der Waals surface area contributed by atoms with Crippen LogP contribution in [-0.2, 0) is 9.84 Å². The van der Waals surface area contributed by atoms with Crippen molar-refractivity contribution in [3.8, 4) is 0 Å². The lowest BCUT2D eigenvalue weighted by Crippen LogP contribution is -2.49. The van der Waals surface area contributed by atoms with Crippen molar-refractivity contribution in [3.63, 3.8) is 0 Å². The minimum atomic E-state index is -2.74. The second kappa shape index (κ2) is 5.02. The molecule has 94 valence electrons. The van der Waals surface area contributed by atoms with E-state index in [1.165, 1.54) is 19.4 Å². The zero-order chi connectivity index (χ0) is 11.6. The van der Waals surface area contributed by atoms with E-state index in [1.807, 2.05) is 0 Å². The molecule has 2 aliphatic heterocycles. The highest BCUT2D eigenvalue weighted by molar-refractivity contribution is 7.91. The number of piperidine rings is 1. The third-order valence-corrected chi connectivity index (χ3v) is 5.42. The van der Waals surface area contributed by atoms with Crippen LogP contribution in [0.3, 0.4) is 0 Å². The molecule has 1 N–H and O–H groups in total. The van der Waals surface area contributed by atoms with Gasteiger partial charge >= 0.3 is 0 Å². The van der Waals surface area contributed by atoms with Crippen molar-refractivity contribution in [1.29, 1.82) is 0 Å². The summed E-state index contributed by atoms with van der Waals surface area (Å²) >= 11 is 0. The van der Waals surface area contributed by atoms with Crippen molar-refractivity contribution in [2.45, 2.75) is 38.3 Å². The van der Waals surface area contributed by atoms with E-state index in [4.69, 9.17) is 0 Å². The van der Waals surface area contributed by atoms with Crippen LogP contribution in [0.5, 0.6) is 0 Å². The van der Waals surface area contributed by atoms with Gasteiger partial charge in [-0.3, -0.25) is 0 Å². The molecule has 2 saturated heterocycles. The van der Waals surface area contributed by atoms with Gasteiger partial charge in [-0.05, 0) is 32.4 Å². The largest absolute Gasteiger partial charge is 0.309 e. The molecule has 16 heavy (non-hydrogen) atoms. The Morgan fingerprint density at radius 2 is 2.12 bits per heavy atom. The van der Waals surface area contributed by atoms with Gasteiger partial charge < -0.3 is 10.2 Å². The summed E-state index contributed by atoms with van der Waals surface area (Å²) in [6.07, 6.45) is 3.21. The molecule has 0 bridgehead atoms. The van der Waals surface area contributed by atoms with Gasteiger partial charge in [0.1, 0.15) is 0 Å². The molecule has 0 amide bonds. The fraction of sp³-hybridized carbons (Fsp3) is 1.00. The van der Waals surface area contributed by atoms with Crippen molar-refractivity contribution >= 4 is 9.84 Å². The summed E-state index contributed by atoms with van der Waals surface area (Å²) in [5.41, 5.74) is 0. The minimum Gasteiger partial charge on any atom is -0.309 e. The molecule has 0 spiro atoms. The van der Waals surface area contributed by atoms with Crippen LogP contribution in [-0.4, -0.2) is 56.5 Å². The Labute approximate surface area is 98.3 Å². The Morgan fingerprint density at radius 1 is 1.31 bits per heavy atom. The van der Waals surface area contributed by atoms with E-state index in [2.05, 4.69) is 17.1 Å². The lowest BCUT2D eigenvalue weighted by Gasteiger charge is -2.33. The maximum absolute atomic E-state index is 11.4. The van der Waals surface area contributed by atoms with E-state index >= 15 is 0 Å². The highest BCUT2D eigenvalue weighted by Crippen LogP contribution is 2.15. The number of likely N-dealkylation sites (N-methyl/N-ethyl adjacent to an activating group) is 1. The fourth-order valence-electron chi connectivity index (χ4n) is 2.74. The smallest absolute Gasteiger partial charge is 0.151 e. The molecule has 0 aromatic rings. The molecule has 5 heteroatoms. The van der Waals surface area contributed by atoms with Gasteiger partial charge in [-0.25, -0.2) is 8.42 Å². The van der Waals surface area contributed by atoms with Crippen LogP contribution in [0.4, 0.5) is 0 Å². The topological polar surface area (TPSA) is 49.4 Å². The second-order valence-electron chi connectivity index (χ2n) is 5.00. The average Bonchev–Trinajstić information content (AvgIpc) is 2.58. The summed E-state index contributed by atoms with van der Waals surface area (Å²) in [6.45, 7) is 5.55. The fourth-order valence-corrected chi connectivity index (χ4v) is 4.42. The third-order valence-electron chi connectivity index (χ3n) is 3.66. The van der Waals surface area contributed by atoms with E-state index in [0.29, 0.717) is 17.5 Å². The molecule has 0 aliphatic carbocycles. The van der Waals surface area contributed by atoms with Gasteiger partial charge in [-0.2, -0.15) is 0 Å². The van der Waals surface area contributed by atoms with Crippen LogP contribution in [0, 0.1) is 0 Å². The first-order chi connectivity index (χ1) is 7.59. The predicted molar refractivity (Wildman–Crippen MR) is 65.3 cm³/mol. The van der Waals surface area contributed by atoms with E-state index in [1.54, 1.807) is 0 Å². The molecular weight excluding hydrogens is 224 g/mol. The number of likely N-dealkylation sites (tertiary alicyclic amines) is 1. The summed E-state index contributed by atoms with van der Waals surface area (Å²) in [5, 5.41) is 3.52. The monoisotopic (exact) mass is 246 g/mol. The number of hydrogen-bond acceptors (Lipinski definition) is 4. The van der Waals surface area contributed by atoms with Gasteiger partial charge in [0.2, 0.25) is 0 Å². The average molecular weight is 246 g/mol. The van der Waals surface area contributed by atoms with Crippen molar-refractivity contribution in [1.82, 2.24) is 10.2 Å². The van der Waals surface area contributed by atoms with Crippen LogP contribution >= 0.6 is 0 Å². The van der Waals surface area contributed by atoms with Crippen molar-refractivity contribution in [2.75, 3.05) is 31.1 Å². The SMILES string of the molecule is CCN1CCCC(NC2CCS(=O)(=O)C2)C1. The molecule has 2 fully saturated rings. The van der Waals surface area contributed by atoms with E-state index in [-0.39, 0.29) is 6.04 Å². The highest BCUT2D eigenvalue weighted by atomic mass is 32.2. The minimum absolute atomic E-state index is 0.201. The first kappa shape index (κ1) is 12.3. The highest BCUT2D eigenvalue weighted by Gasteiger charge is 2.30. The Balaban J connectivity index is 1.81. The Kier molecular flexibility index (Phi) is 3.87. The zero-order valence-electron chi connectivity index (χ0n) is 9.98. The Hall–Kier alpha value is -0.130. The number of hydrogen-bond donors (Lipinski definition) is 1. The summed E-state index contributed by atoms with van der Waals surface area (Å²) in [5.74, 6) is 0.713. The molecule has 2 rings (SSSR count). The summed E-state index contributed by atoms with van der Waals surface area (Å²) < 4.78 is 22.7.